The third-order valence-corrected chi connectivity index (χ3v) is 5.32. The van der Waals surface area contributed by atoms with Crippen LogP contribution in [0, 0.1) is 12.8 Å². The van der Waals surface area contributed by atoms with Crippen LogP contribution in [0.5, 0.6) is 0 Å². The van der Waals surface area contributed by atoms with E-state index in [0.717, 1.165) is 18.0 Å². The fraction of sp³-hybridized carbons (Fsp3) is 0.750. The molecule has 0 aromatic carbocycles. The highest BCUT2D eigenvalue weighted by molar-refractivity contribution is 7.99. The maximum absolute atomic E-state index is 5.67. The lowest BCUT2D eigenvalue weighted by atomic mass is 9.93. The van der Waals surface area contributed by atoms with Crippen molar-refractivity contribution >= 4 is 23.1 Å². The van der Waals surface area contributed by atoms with Gasteiger partial charge in [-0.1, -0.05) is 0 Å². The second-order valence-electron chi connectivity index (χ2n) is 4.74. The highest BCUT2D eigenvalue weighted by atomic mass is 32.2. The Hall–Kier alpha value is -0.100. The molecule has 1 aromatic heterocycles. The summed E-state index contributed by atoms with van der Waals surface area (Å²) in [5, 5.41) is 3.32. The molecule has 5 heteroatoms. The van der Waals surface area contributed by atoms with Crippen LogP contribution in [0.25, 0.3) is 0 Å². The molecule has 0 radical (unpaired) electrons. The van der Waals surface area contributed by atoms with Crippen LogP contribution in [-0.2, 0) is 6.42 Å². The lowest BCUT2D eigenvalue weighted by molar-refractivity contribution is 0.365. The van der Waals surface area contributed by atoms with Gasteiger partial charge < -0.3 is 0 Å². The van der Waals surface area contributed by atoms with E-state index in [-0.39, 0.29) is 0 Å². The van der Waals surface area contributed by atoms with E-state index >= 15 is 0 Å². The number of aryl methyl sites for hydroxylation is 1. The first-order chi connectivity index (χ1) is 8.28. The normalized spacial score (nSPS) is 19.4. The lowest BCUT2D eigenvalue weighted by Gasteiger charge is -2.25. The zero-order valence-corrected chi connectivity index (χ0v) is 11.9. The van der Waals surface area contributed by atoms with Gasteiger partial charge in [0.1, 0.15) is 0 Å². The van der Waals surface area contributed by atoms with Gasteiger partial charge in [0.25, 0.3) is 0 Å². The van der Waals surface area contributed by atoms with Crippen LogP contribution in [0.1, 0.15) is 30.0 Å². The summed E-state index contributed by atoms with van der Waals surface area (Å²) < 4.78 is 0. The van der Waals surface area contributed by atoms with Gasteiger partial charge in [0.05, 0.1) is 5.01 Å². The maximum Gasteiger partial charge on any atom is 0.0944 e. The molecule has 0 saturated carbocycles. The highest BCUT2D eigenvalue weighted by Crippen LogP contribution is 2.27. The zero-order chi connectivity index (χ0) is 12.1. The first-order valence-corrected chi connectivity index (χ1v) is 8.26. The van der Waals surface area contributed by atoms with Gasteiger partial charge in [-0.05, 0) is 43.6 Å². The Morgan fingerprint density at radius 3 is 2.88 bits per heavy atom. The van der Waals surface area contributed by atoms with E-state index in [9.17, 15) is 0 Å². The number of hydrogen-bond donors (Lipinski definition) is 2. The number of rotatable bonds is 5. The predicted molar refractivity (Wildman–Crippen MR) is 76.3 cm³/mol. The molecule has 0 aliphatic carbocycles. The average molecular weight is 271 g/mol. The largest absolute Gasteiger partial charge is 0.271 e. The molecule has 2 rings (SSSR count). The zero-order valence-electron chi connectivity index (χ0n) is 10.3. The number of thiazole rings is 1. The molecular formula is C12H21N3S2. The molecule has 96 valence electrons. The van der Waals surface area contributed by atoms with Crippen molar-refractivity contribution in [1.29, 1.82) is 0 Å². The maximum atomic E-state index is 5.67. The minimum absolute atomic E-state index is 0.383. The number of nitrogens with zero attached hydrogens (tertiary/aromatic N) is 1. The number of aromatic nitrogens is 1. The molecule has 0 spiro atoms. The van der Waals surface area contributed by atoms with Crippen LogP contribution >= 0.6 is 23.1 Å². The van der Waals surface area contributed by atoms with Gasteiger partial charge in [0, 0.05) is 23.5 Å². The Morgan fingerprint density at radius 1 is 1.53 bits per heavy atom. The molecule has 1 unspecified atom stereocenters. The Labute approximate surface area is 112 Å². The van der Waals surface area contributed by atoms with E-state index in [2.05, 4.69) is 27.6 Å². The second kappa shape index (κ2) is 6.73. The summed E-state index contributed by atoms with van der Waals surface area (Å²) in [5.41, 5.74) is 4.09. The monoisotopic (exact) mass is 271 g/mol. The predicted octanol–water partition coefficient (Wildman–Crippen LogP) is 2.36. The standard InChI is InChI=1S/C12H21N3S2/c1-9-8-17-12(14-9)7-11(15-13)6-10-2-4-16-5-3-10/h8,10-11,15H,2-7,13H2,1H3. The summed E-state index contributed by atoms with van der Waals surface area (Å²) in [5.74, 6) is 9.15. The first kappa shape index (κ1) is 13.3. The van der Waals surface area contributed by atoms with Crippen LogP contribution in [0.3, 0.4) is 0 Å². The van der Waals surface area contributed by atoms with Crippen LogP contribution in [-0.4, -0.2) is 22.5 Å². The third-order valence-electron chi connectivity index (χ3n) is 3.28. The third kappa shape index (κ3) is 4.25. The van der Waals surface area contributed by atoms with Crippen molar-refractivity contribution in [1.82, 2.24) is 10.4 Å². The van der Waals surface area contributed by atoms with E-state index in [1.807, 2.05) is 6.92 Å². The number of hydrazine groups is 1. The Balaban J connectivity index is 1.83. The minimum Gasteiger partial charge on any atom is -0.271 e. The summed E-state index contributed by atoms with van der Waals surface area (Å²) >= 11 is 3.82. The number of nitrogens with two attached hydrogens (primary N) is 1. The van der Waals surface area contributed by atoms with Crippen LogP contribution in [0.2, 0.25) is 0 Å². The summed E-state index contributed by atoms with van der Waals surface area (Å²) in [6.45, 7) is 2.04. The minimum atomic E-state index is 0.383. The highest BCUT2D eigenvalue weighted by Gasteiger charge is 2.19. The molecule has 1 fully saturated rings. The van der Waals surface area contributed by atoms with Gasteiger partial charge in [-0.25, -0.2) is 4.98 Å². The number of hydrogen-bond acceptors (Lipinski definition) is 5. The summed E-state index contributed by atoms with van der Waals surface area (Å²) in [7, 11) is 0. The summed E-state index contributed by atoms with van der Waals surface area (Å²) in [6, 6.07) is 0.383. The fourth-order valence-corrected chi connectivity index (χ4v) is 4.36. The van der Waals surface area contributed by atoms with Gasteiger partial charge >= 0.3 is 0 Å². The molecule has 17 heavy (non-hydrogen) atoms. The van der Waals surface area contributed by atoms with Crippen molar-refractivity contribution in [3.05, 3.63) is 16.1 Å². The molecule has 3 nitrogen and oxygen atoms in total. The number of nitrogens with one attached hydrogen (secondary N) is 1. The SMILES string of the molecule is Cc1csc(CC(CC2CCSCC2)NN)n1. The van der Waals surface area contributed by atoms with Crippen LogP contribution in [0.15, 0.2) is 5.38 Å². The Bertz CT molecular complexity index is 334. The van der Waals surface area contributed by atoms with Crippen molar-refractivity contribution in [2.75, 3.05) is 11.5 Å². The molecule has 0 amide bonds. The van der Waals surface area contributed by atoms with E-state index in [1.54, 1.807) is 11.3 Å². The van der Waals surface area contributed by atoms with E-state index in [4.69, 9.17) is 5.84 Å². The van der Waals surface area contributed by atoms with Gasteiger partial charge in [-0.3, -0.25) is 11.3 Å². The Morgan fingerprint density at radius 2 is 2.29 bits per heavy atom. The number of thioether (sulfide) groups is 1. The van der Waals surface area contributed by atoms with Gasteiger partial charge in [0.2, 0.25) is 0 Å². The molecule has 1 atom stereocenters. The van der Waals surface area contributed by atoms with E-state index in [0.29, 0.717) is 6.04 Å². The van der Waals surface area contributed by atoms with Crippen LogP contribution in [0.4, 0.5) is 0 Å². The first-order valence-electron chi connectivity index (χ1n) is 6.23. The molecule has 1 saturated heterocycles. The van der Waals surface area contributed by atoms with Crippen molar-refractivity contribution in [3.63, 3.8) is 0 Å². The van der Waals surface area contributed by atoms with Crippen LogP contribution < -0.4 is 11.3 Å². The van der Waals surface area contributed by atoms with E-state index in [1.165, 1.54) is 35.8 Å². The smallest absolute Gasteiger partial charge is 0.0944 e. The van der Waals surface area contributed by atoms with Crippen molar-refractivity contribution in [2.24, 2.45) is 11.8 Å². The molecule has 1 aliphatic heterocycles. The molecule has 3 N–H and O–H groups in total. The summed E-state index contributed by atoms with van der Waals surface area (Å²) in [6.07, 6.45) is 4.85. The van der Waals surface area contributed by atoms with Gasteiger partial charge in [-0.2, -0.15) is 11.8 Å². The van der Waals surface area contributed by atoms with Crippen molar-refractivity contribution < 1.29 is 0 Å². The van der Waals surface area contributed by atoms with Crippen molar-refractivity contribution in [3.8, 4) is 0 Å². The summed E-state index contributed by atoms with van der Waals surface area (Å²) in [4.78, 5) is 4.51. The van der Waals surface area contributed by atoms with E-state index < -0.39 is 0 Å². The van der Waals surface area contributed by atoms with Gasteiger partial charge in [-0.15, -0.1) is 11.3 Å². The molecular weight excluding hydrogens is 250 g/mol. The Kier molecular flexibility index (Phi) is 5.28. The second-order valence-corrected chi connectivity index (χ2v) is 6.91. The average Bonchev–Trinajstić information content (AvgIpc) is 2.75. The van der Waals surface area contributed by atoms with Gasteiger partial charge in [0.15, 0.2) is 0 Å². The molecule has 1 aromatic rings. The molecule has 1 aliphatic rings. The fourth-order valence-electron chi connectivity index (χ4n) is 2.30. The topological polar surface area (TPSA) is 50.9 Å². The lowest BCUT2D eigenvalue weighted by Crippen LogP contribution is -2.38. The molecule has 2 heterocycles. The molecule has 0 bridgehead atoms. The van der Waals surface area contributed by atoms with Crippen molar-refractivity contribution in [2.45, 2.75) is 38.6 Å². The quantitative estimate of drug-likeness (QED) is 0.637.